The van der Waals surface area contributed by atoms with Crippen LogP contribution in [0.15, 0.2) is 0 Å². The number of hydrogen-bond acceptors (Lipinski definition) is 3. The van der Waals surface area contributed by atoms with Crippen LogP contribution < -0.4 is 0 Å². The van der Waals surface area contributed by atoms with Gasteiger partial charge in [0.2, 0.25) is 0 Å². The smallest absolute Gasteiger partial charge is 0.146 e. The maximum atomic E-state index is 12.4. The lowest BCUT2D eigenvalue weighted by Gasteiger charge is -2.19. The summed E-state index contributed by atoms with van der Waals surface area (Å²) in [6.07, 6.45) is 11.2. The molecule has 124 valence electrons. The Bertz CT molecular complexity index is 293. The Labute approximate surface area is 141 Å². The summed E-state index contributed by atoms with van der Waals surface area (Å²) >= 11 is 6.96. The van der Waals surface area contributed by atoms with E-state index in [-0.39, 0.29) is 5.25 Å². The average molecular weight is 332 g/mol. The molecular weight excluding hydrogens is 298 g/mol. The Hall–Kier alpha value is -0.0900. The molecule has 0 aromatic rings. The molecule has 0 rings (SSSR count). The molecule has 0 saturated carbocycles. The number of hydrogen-bond donors (Lipinski definition) is 0. The molecule has 21 heavy (non-hydrogen) atoms. The Morgan fingerprint density at radius 1 is 1.00 bits per heavy atom. The maximum absolute atomic E-state index is 12.4. The number of ketones is 1. The first-order valence-corrected chi connectivity index (χ1v) is 9.72. The van der Waals surface area contributed by atoms with Crippen LogP contribution >= 0.6 is 24.0 Å². The Kier molecular flexibility index (Phi) is 13.5. The third-order valence-electron chi connectivity index (χ3n) is 3.56. The van der Waals surface area contributed by atoms with Crippen molar-refractivity contribution in [1.82, 2.24) is 4.90 Å². The van der Waals surface area contributed by atoms with E-state index in [2.05, 4.69) is 13.8 Å². The highest BCUT2D eigenvalue weighted by Gasteiger charge is 2.20. The predicted molar refractivity (Wildman–Crippen MR) is 100 cm³/mol. The Morgan fingerprint density at radius 2 is 1.57 bits per heavy atom. The first kappa shape index (κ1) is 20.9. The highest BCUT2D eigenvalue weighted by molar-refractivity contribution is 8.23. The normalized spacial score (nSPS) is 12.2. The number of thioether (sulfide) groups is 1. The fraction of sp³-hybridized carbons (Fsp3) is 0.882. The number of Topliss-reactive ketones (excluding diaryl/α,β-unsaturated/α-hetero) is 1. The van der Waals surface area contributed by atoms with Crippen LogP contribution in [0.1, 0.15) is 78.1 Å². The van der Waals surface area contributed by atoms with Crippen molar-refractivity contribution in [3.05, 3.63) is 0 Å². The second-order valence-corrected chi connectivity index (χ2v) is 7.73. The lowest BCUT2D eigenvalue weighted by molar-refractivity contribution is -0.118. The van der Waals surface area contributed by atoms with Crippen LogP contribution in [-0.4, -0.2) is 34.3 Å². The highest BCUT2D eigenvalue weighted by atomic mass is 32.2. The van der Waals surface area contributed by atoms with Crippen molar-refractivity contribution in [1.29, 1.82) is 0 Å². The van der Waals surface area contributed by atoms with Gasteiger partial charge in [0.15, 0.2) is 0 Å². The van der Waals surface area contributed by atoms with Gasteiger partial charge in [-0.2, -0.15) is 0 Å². The minimum Gasteiger partial charge on any atom is -0.364 e. The third-order valence-corrected chi connectivity index (χ3v) is 5.57. The van der Waals surface area contributed by atoms with Crippen LogP contribution in [0.25, 0.3) is 0 Å². The summed E-state index contributed by atoms with van der Waals surface area (Å²) in [5.74, 6) is 0.400. The second kappa shape index (κ2) is 13.6. The van der Waals surface area contributed by atoms with Crippen LogP contribution in [0.3, 0.4) is 0 Å². The van der Waals surface area contributed by atoms with Crippen LogP contribution in [0.2, 0.25) is 0 Å². The predicted octanol–water partition coefficient (Wildman–Crippen LogP) is 5.44. The van der Waals surface area contributed by atoms with E-state index >= 15 is 0 Å². The summed E-state index contributed by atoms with van der Waals surface area (Å²) < 4.78 is 0.831. The summed E-state index contributed by atoms with van der Waals surface area (Å²) in [6.45, 7) is 4.41. The van der Waals surface area contributed by atoms with Crippen molar-refractivity contribution >= 4 is 34.1 Å². The van der Waals surface area contributed by atoms with Crippen molar-refractivity contribution < 1.29 is 4.79 Å². The lowest BCUT2D eigenvalue weighted by atomic mass is 10.0. The Balaban J connectivity index is 4.27. The number of rotatable bonds is 12. The number of nitrogens with zero attached hydrogens (tertiary/aromatic N) is 1. The summed E-state index contributed by atoms with van der Waals surface area (Å²) in [5, 5.41) is 0.0679. The lowest BCUT2D eigenvalue weighted by Crippen LogP contribution is -2.24. The first-order valence-electron chi connectivity index (χ1n) is 8.43. The molecule has 0 saturated heterocycles. The summed E-state index contributed by atoms with van der Waals surface area (Å²) in [6, 6.07) is 0. The fourth-order valence-corrected chi connectivity index (χ4v) is 3.49. The number of carbonyl (C=O) groups is 1. The van der Waals surface area contributed by atoms with Gasteiger partial charge in [-0.25, -0.2) is 0 Å². The number of carbonyl (C=O) groups excluding carboxylic acids is 1. The van der Waals surface area contributed by atoms with Crippen molar-refractivity contribution in [2.75, 3.05) is 14.1 Å². The zero-order valence-electron chi connectivity index (χ0n) is 14.3. The molecular formula is C17H33NOS2. The van der Waals surface area contributed by atoms with Crippen molar-refractivity contribution in [3.8, 4) is 0 Å². The molecule has 4 heteroatoms. The van der Waals surface area contributed by atoms with Gasteiger partial charge < -0.3 is 4.90 Å². The van der Waals surface area contributed by atoms with Gasteiger partial charge in [-0.3, -0.25) is 4.79 Å². The minimum atomic E-state index is 0.0679. The van der Waals surface area contributed by atoms with E-state index in [4.69, 9.17) is 12.2 Å². The van der Waals surface area contributed by atoms with E-state index in [1.165, 1.54) is 38.5 Å². The SMILES string of the molecule is CCCCCCC(=O)C(CCCCCC)SC(=S)N(C)C. The van der Waals surface area contributed by atoms with Gasteiger partial charge in [0.1, 0.15) is 10.1 Å². The van der Waals surface area contributed by atoms with Gasteiger partial charge in [0.25, 0.3) is 0 Å². The average Bonchev–Trinajstić information content (AvgIpc) is 2.46. The first-order chi connectivity index (χ1) is 10.0. The summed E-state index contributed by atoms with van der Waals surface area (Å²) in [7, 11) is 3.91. The molecule has 0 heterocycles. The van der Waals surface area contributed by atoms with Crippen molar-refractivity contribution in [3.63, 3.8) is 0 Å². The number of unbranched alkanes of at least 4 members (excludes halogenated alkanes) is 6. The molecule has 0 spiro atoms. The van der Waals surface area contributed by atoms with E-state index in [0.29, 0.717) is 5.78 Å². The molecule has 0 bridgehead atoms. The van der Waals surface area contributed by atoms with Gasteiger partial charge in [-0.15, -0.1) is 0 Å². The minimum absolute atomic E-state index is 0.0679. The molecule has 0 aromatic heterocycles. The van der Waals surface area contributed by atoms with Gasteiger partial charge in [0.05, 0.1) is 5.25 Å². The summed E-state index contributed by atoms with van der Waals surface area (Å²) in [5.41, 5.74) is 0. The third kappa shape index (κ3) is 11.2. The molecule has 0 amide bonds. The van der Waals surface area contributed by atoms with Gasteiger partial charge in [-0.1, -0.05) is 82.8 Å². The molecule has 1 atom stereocenters. The van der Waals surface area contributed by atoms with Gasteiger partial charge in [0, 0.05) is 20.5 Å². The zero-order chi connectivity index (χ0) is 16.1. The molecule has 0 fully saturated rings. The monoisotopic (exact) mass is 331 g/mol. The van der Waals surface area contributed by atoms with E-state index in [9.17, 15) is 4.79 Å². The van der Waals surface area contributed by atoms with Crippen LogP contribution in [0.4, 0.5) is 0 Å². The van der Waals surface area contributed by atoms with E-state index in [0.717, 1.165) is 30.0 Å². The maximum Gasteiger partial charge on any atom is 0.146 e. The Morgan fingerprint density at radius 3 is 2.10 bits per heavy atom. The fourth-order valence-electron chi connectivity index (χ4n) is 2.16. The van der Waals surface area contributed by atoms with Crippen molar-refractivity contribution in [2.45, 2.75) is 83.3 Å². The van der Waals surface area contributed by atoms with Crippen molar-refractivity contribution in [2.24, 2.45) is 0 Å². The standard InChI is InChI=1S/C17H33NOS2/c1-5-7-9-11-13-15(19)16(14-12-10-8-6-2)21-17(20)18(3)4/h16H,5-14H2,1-4H3. The van der Waals surface area contributed by atoms with E-state index < -0.39 is 0 Å². The molecule has 0 radical (unpaired) electrons. The molecule has 0 aliphatic carbocycles. The molecule has 0 aromatic carbocycles. The second-order valence-electron chi connectivity index (χ2n) is 5.89. The van der Waals surface area contributed by atoms with E-state index in [1.807, 2.05) is 19.0 Å². The van der Waals surface area contributed by atoms with Crippen LogP contribution in [0, 0.1) is 0 Å². The molecule has 2 nitrogen and oxygen atoms in total. The highest BCUT2D eigenvalue weighted by Crippen LogP contribution is 2.24. The molecule has 1 unspecified atom stereocenters. The van der Waals surface area contributed by atoms with Crippen LogP contribution in [0.5, 0.6) is 0 Å². The van der Waals surface area contributed by atoms with E-state index in [1.54, 1.807) is 11.8 Å². The zero-order valence-corrected chi connectivity index (χ0v) is 16.0. The largest absolute Gasteiger partial charge is 0.364 e. The summed E-state index contributed by atoms with van der Waals surface area (Å²) in [4.78, 5) is 14.4. The van der Waals surface area contributed by atoms with Crippen LogP contribution in [-0.2, 0) is 4.79 Å². The molecule has 0 N–H and O–H groups in total. The van der Waals surface area contributed by atoms with Gasteiger partial charge >= 0.3 is 0 Å². The van der Waals surface area contributed by atoms with Gasteiger partial charge in [-0.05, 0) is 12.8 Å². The quantitative estimate of drug-likeness (QED) is 0.350. The topological polar surface area (TPSA) is 20.3 Å². The molecule has 0 aliphatic heterocycles. The number of thiocarbonyl (C=S) groups is 1. The molecule has 0 aliphatic rings.